The van der Waals surface area contributed by atoms with Gasteiger partial charge in [-0.05, 0) is 43.3 Å². The van der Waals surface area contributed by atoms with Gasteiger partial charge in [0.2, 0.25) is 0 Å². The third kappa shape index (κ3) is 3.20. The molecular weight excluding hydrogens is 312 g/mol. The molecule has 0 fully saturated rings. The highest BCUT2D eigenvalue weighted by Crippen LogP contribution is 2.81. The molecule has 0 bridgehead atoms. The summed E-state index contributed by atoms with van der Waals surface area (Å²) in [5, 5.41) is 0. The van der Waals surface area contributed by atoms with Gasteiger partial charge in [0.05, 0.1) is 0 Å². The Hall–Kier alpha value is 0. The van der Waals surface area contributed by atoms with Crippen LogP contribution in [0.15, 0.2) is 0 Å². The van der Waals surface area contributed by atoms with Crippen molar-refractivity contribution >= 4 is 0 Å². The van der Waals surface area contributed by atoms with Gasteiger partial charge in [0.15, 0.2) is 0 Å². The Balaban J connectivity index is 8.17. The maximum atomic E-state index is 2.50. The lowest BCUT2D eigenvalue weighted by Gasteiger charge is -2.80. The van der Waals surface area contributed by atoms with Crippen LogP contribution >= 0.6 is 0 Å². The van der Waals surface area contributed by atoms with Gasteiger partial charge in [-0.25, -0.2) is 0 Å². The lowest BCUT2D eigenvalue weighted by Crippen LogP contribution is -2.75. The molecule has 0 heterocycles. The second-order valence-corrected chi connectivity index (χ2v) is 15.0. The van der Waals surface area contributed by atoms with Crippen molar-refractivity contribution in [2.75, 3.05) is 0 Å². The molecule has 0 rings (SSSR count). The summed E-state index contributed by atoms with van der Waals surface area (Å²) in [6, 6.07) is 0. The summed E-state index contributed by atoms with van der Waals surface area (Å²) in [6.45, 7) is 45.0. The lowest BCUT2D eigenvalue weighted by atomic mass is 9.24. The molecule has 0 aromatic carbocycles. The summed E-state index contributed by atoms with van der Waals surface area (Å²) in [5.74, 6) is 0. The second kappa shape index (κ2) is 6.25. The second-order valence-electron chi connectivity index (χ2n) is 15.0. The average molecular weight is 367 g/mol. The molecule has 0 unspecified atom stereocenters. The van der Waals surface area contributed by atoms with E-state index < -0.39 is 0 Å². The Morgan fingerprint density at radius 2 is 0.269 bits per heavy atom. The van der Waals surface area contributed by atoms with Crippen LogP contribution in [0, 0.1) is 43.3 Å². The minimum Gasteiger partial charge on any atom is -0.0596 e. The molecule has 0 atom stereocenters. The molecule has 0 amide bonds. The van der Waals surface area contributed by atoms with Gasteiger partial charge >= 0.3 is 0 Å². The fourth-order valence-corrected chi connectivity index (χ4v) is 10.1. The molecule has 0 aliphatic heterocycles. The molecule has 0 aliphatic rings. The summed E-state index contributed by atoms with van der Waals surface area (Å²) in [7, 11) is 0. The molecule has 0 saturated carbocycles. The Bertz CT molecular complexity index is 355. The Morgan fingerprint density at radius 1 is 0.192 bits per heavy atom. The van der Waals surface area contributed by atoms with Gasteiger partial charge in [-0.1, -0.05) is 125 Å². The zero-order chi connectivity index (χ0) is 22.0. The summed E-state index contributed by atoms with van der Waals surface area (Å²) < 4.78 is 0. The van der Waals surface area contributed by atoms with Crippen LogP contribution in [0.25, 0.3) is 0 Å². The molecule has 0 nitrogen and oxygen atoms in total. The highest BCUT2D eigenvalue weighted by atomic mass is 14.8. The van der Waals surface area contributed by atoms with Crippen LogP contribution in [0.4, 0.5) is 0 Å². The normalized spacial score (nSPS) is 16.8. The minimum absolute atomic E-state index is 0.0781. The van der Waals surface area contributed by atoms with Crippen molar-refractivity contribution in [3.63, 3.8) is 0 Å². The first-order valence-electron chi connectivity index (χ1n) is 10.8. The van der Waals surface area contributed by atoms with E-state index in [2.05, 4.69) is 125 Å². The highest BCUT2D eigenvalue weighted by molar-refractivity contribution is 5.23. The van der Waals surface area contributed by atoms with Crippen molar-refractivity contribution in [2.45, 2.75) is 125 Å². The van der Waals surface area contributed by atoms with E-state index in [1.165, 1.54) is 0 Å². The van der Waals surface area contributed by atoms with Crippen molar-refractivity contribution in [3.05, 3.63) is 0 Å². The van der Waals surface area contributed by atoms with E-state index in [1.807, 2.05) is 0 Å². The number of hydrogen-bond acceptors (Lipinski definition) is 0. The fourth-order valence-electron chi connectivity index (χ4n) is 10.1. The van der Waals surface area contributed by atoms with E-state index in [1.54, 1.807) is 0 Å². The Kier molecular flexibility index (Phi) is 6.25. The van der Waals surface area contributed by atoms with Crippen molar-refractivity contribution in [2.24, 2.45) is 43.3 Å². The quantitative estimate of drug-likeness (QED) is 0.433. The van der Waals surface area contributed by atoms with Gasteiger partial charge in [0.25, 0.3) is 0 Å². The molecule has 0 N–H and O–H groups in total. The van der Waals surface area contributed by atoms with Crippen LogP contribution in [-0.2, 0) is 0 Å². The van der Waals surface area contributed by atoms with Gasteiger partial charge in [-0.15, -0.1) is 0 Å². The average Bonchev–Trinajstić information content (AvgIpc) is 2.12. The van der Waals surface area contributed by atoms with Gasteiger partial charge in [-0.2, -0.15) is 0 Å². The van der Waals surface area contributed by atoms with Crippen LogP contribution in [0.1, 0.15) is 125 Å². The van der Waals surface area contributed by atoms with Gasteiger partial charge < -0.3 is 0 Å². The number of hydrogen-bond donors (Lipinski definition) is 0. The van der Waals surface area contributed by atoms with Crippen molar-refractivity contribution in [3.8, 4) is 0 Å². The minimum atomic E-state index is 0.0781. The maximum absolute atomic E-state index is 2.50. The van der Waals surface area contributed by atoms with Crippen LogP contribution in [0.2, 0.25) is 0 Å². The van der Waals surface area contributed by atoms with E-state index in [0.717, 1.165) is 0 Å². The largest absolute Gasteiger partial charge is 0.0596 e. The zero-order valence-electron chi connectivity index (χ0n) is 22.0. The van der Waals surface area contributed by atoms with Gasteiger partial charge in [-0.3, -0.25) is 0 Å². The summed E-state index contributed by atoms with van der Waals surface area (Å²) in [6.07, 6.45) is 0. The fraction of sp³-hybridized carbons (Fsp3) is 1.00. The third-order valence-electron chi connectivity index (χ3n) is 7.31. The van der Waals surface area contributed by atoms with Gasteiger partial charge in [0.1, 0.15) is 0 Å². The van der Waals surface area contributed by atoms with Crippen molar-refractivity contribution in [1.82, 2.24) is 0 Å². The topological polar surface area (TPSA) is 0 Å². The van der Waals surface area contributed by atoms with Crippen LogP contribution < -0.4 is 0 Å². The summed E-state index contributed by atoms with van der Waals surface area (Å²) >= 11 is 0. The molecule has 0 aromatic rings. The molecule has 0 radical (unpaired) electrons. The van der Waals surface area contributed by atoms with E-state index in [4.69, 9.17) is 0 Å². The monoisotopic (exact) mass is 366 g/mol. The first kappa shape index (κ1) is 26.0. The summed E-state index contributed by atoms with van der Waals surface area (Å²) in [5.41, 5.74) is 0.974. The van der Waals surface area contributed by atoms with Crippen LogP contribution in [0.5, 0.6) is 0 Å². The van der Waals surface area contributed by atoms with Crippen molar-refractivity contribution < 1.29 is 0 Å². The SMILES string of the molecule is CC(C)(C)C(C(C)(C)C)(C(C)(C)C)C(C(C)(C)C)(C(C)(C)C)C(C)(C)C. The van der Waals surface area contributed by atoms with Crippen molar-refractivity contribution in [1.29, 1.82) is 0 Å². The van der Waals surface area contributed by atoms with Crippen LogP contribution in [-0.4, -0.2) is 0 Å². The molecule has 26 heavy (non-hydrogen) atoms. The standard InChI is InChI=1S/C26H54/c1-19(2,3)25(20(4,5)6,21(7,8)9)26(22(10,11)12,23(13,14)15)24(16,17)18/h1-18H3. The molecule has 0 heteroatoms. The van der Waals surface area contributed by atoms with E-state index in [9.17, 15) is 0 Å². The molecule has 0 aromatic heterocycles. The highest BCUT2D eigenvalue weighted by Gasteiger charge is 2.76. The summed E-state index contributed by atoms with van der Waals surface area (Å²) in [4.78, 5) is 0. The molecule has 158 valence electrons. The van der Waals surface area contributed by atoms with E-state index >= 15 is 0 Å². The Morgan fingerprint density at radius 3 is 0.308 bits per heavy atom. The molecule has 0 aliphatic carbocycles. The smallest absolute Gasteiger partial charge is 0.00803 e. The zero-order valence-corrected chi connectivity index (χ0v) is 22.0. The van der Waals surface area contributed by atoms with E-state index in [-0.39, 0.29) is 43.3 Å². The number of rotatable bonds is 1. The lowest BCUT2D eigenvalue weighted by molar-refractivity contribution is -0.327. The molecular formula is C26H54. The predicted molar refractivity (Wildman–Crippen MR) is 122 cm³/mol. The Labute approximate surface area is 168 Å². The first-order chi connectivity index (χ1) is 10.8. The third-order valence-corrected chi connectivity index (χ3v) is 7.31. The maximum Gasteiger partial charge on any atom is -0.00803 e. The van der Waals surface area contributed by atoms with Gasteiger partial charge in [0, 0.05) is 0 Å². The molecule has 0 saturated heterocycles. The first-order valence-corrected chi connectivity index (χ1v) is 10.8. The van der Waals surface area contributed by atoms with E-state index in [0.29, 0.717) is 0 Å². The predicted octanol–water partition coefficient (Wildman–Crippen LogP) is 9.24. The molecule has 0 spiro atoms. The van der Waals surface area contributed by atoms with Crippen LogP contribution in [0.3, 0.4) is 0 Å².